The quantitative estimate of drug-likeness (QED) is 0.679. The third-order valence-corrected chi connectivity index (χ3v) is 5.97. The molecule has 1 saturated heterocycles. The van der Waals surface area contributed by atoms with Crippen LogP contribution in [0, 0.1) is 5.92 Å². The van der Waals surface area contributed by atoms with Gasteiger partial charge in [0.25, 0.3) is 0 Å². The molecule has 1 atom stereocenters. The molecule has 3 aromatic heterocycles. The predicted octanol–water partition coefficient (Wildman–Crippen LogP) is 3.21. The summed E-state index contributed by atoms with van der Waals surface area (Å²) in [6.45, 7) is 9.15. The molecule has 7 nitrogen and oxygen atoms in total. The minimum absolute atomic E-state index is 0.00317. The minimum Gasteiger partial charge on any atom is -0.476 e. The highest BCUT2D eigenvalue weighted by Gasteiger charge is 2.28. The lowest BCUT2D eigenvalue weighted by Gasteiger charge is -2.20. The van der Waals surface area contributed by atoms with Crippen molar-refractivity contribution in [3.05, 3.63) is 41.6 Å². The zero-order valence-corrected chi connectivity index (χ0v) is 17.4. The van der Waals surface area contributed by atoms with Crippen LogP contribution in [-0.2, 0) is 18.3 Å². The Morgan fingerprint density at radius 1 is 1.17 bits per heavy atom. The van der Waals surface area contributed by atoms with Gasteiger partial charge in [-0.15, -0.1) is 5.10 Å². The average Bonchev–Trinajstić information content (AvgIpc) is 3.43. The fraction of sp³-hybridized carbons (Fsp3) is 0.545. The summed E-state index contributed by atoms with van der Waals surface area (Å²) >= 11 is 0. The summed E-state index contributed by atoms with van der Waals surface area (Å²) in [7, 11) is 0. The third kappa shape index (κ3) is 3.54. The molecule has 0 amide bonds. The molecule has 0 radical (unpaired) electrons. The van der Waals surface area contributed by atoms with E-state index in [1.165, 1.54) is 17.7 Å². The van der Waals surface area contributed by atoms with Gasteiger partial charge in [0.2, 0.25) is 5.88 Å². The van der Waals surface area contributed by atoms with Gasteiger partial charge >= 0.3 is 0 Å². The largest absolute Gasteiger partial charge is 0.476 e. The minimum atomic E-state index is 0.00317. The van der Waals surface area contributed by atoms with Crippen molar-refractivity contribution in [2.75, 3.05) is 24.6 Å². The molecule has 0 N–H and O–H groups in total. The standard InChI is InChI=1S/C22H28N6O/c1-22(2,3)18-12-28-19(25-18)7-8-20(26-28)29-13-15-9-10-27(11-15)21-16-5-4-6-17(16)23-14-24-21/h7-8,12,14-15H,4-6,9-11,13H2,1-3H3. The van der Waals surface area contributed by atoms with E-state index in [-0.39, 0.29) is 5.41 Å². The van der Waals surface area contributed by atoms with Gasteiger partial charge in [0.1, 0.15) is 12.1 Å². The second-order valence-corrected chi connectivity index (χ2v) is 9.24. The topological polar surface area (TPSA) is 68.4 Å². The van der Waals surface area contributed by atoms with E-state index in [9.17, 15) is 0 Å². The van der Waals surface area contributed by atoms with Crippen LogP contribution in [0.15, 0.2) is 24.7 Å². The molecule has 5 rings (SSSR count). The van der Waals surface area contributed by atoms with E-state index >= 15 is 0 Å². The number of ether oxygens (including phenoxy) is 1. The van der Waals surface area contributed by atoms with Crippen LogP contribution in [0.2, 0.25) is 0 Å². The van der Waals surface area contributed by atoms with Gasteiger partial charge in [0.05, 0.1) is 18.5 Å². The Balaban J connectivity index is 1.24. The molecule has 1 aliphatic carbocycles. The molecule has 1 fully saturated rings. The van der Waals surface area contributed by atoms with Crippen LogP contribution >= 0.6 is 0 Å². The Kier molecular flexibility index (Phi) is 4.41. The molecule has 3 aromatic rings. The number of imidazole rings is 1. The first-order valence-electron chi connectivity index (χ1n) is 10.5. The summed E-state index contributed by atoms with van der Waals surface area (Å²) in [6, 6.07) is 3.89. The van der Waals surface area contributed by atoms with Gasteiger partial charge < -0.3 is 9.64 Å². The molecule has 152 valence electrons. The second kappa shape index (κ2) is 6.97. The second-order valence-electron chi connectivity index (χ2n) is 9.24. The highest BCUT2D eigenvalue weighted by Crippen LogP contribution is 2.31. The van der Waals surface area contributed by atoms with Gasteiger partial charge in [-0.2, -0.15) is 0 Å². The van der Waals surface area contributed by atoms with E-state index in [0.717, 1.165) is 49.5 Å². The van der Waals surface area contributed by atoms with Crippen molar-refractivity contribution in [3.63, 3.8) is 0 Å². The van der Waals surface area contributed by atoms with Crippen LogP contribution in [-0.4, -0.2) is 44.3 Å². The number of fused-ring (bicyclic) bond motifs is 2. The van der Waals surface area contributed by atoms with Crippen LogP contribution in [0.4, 0.5) is 5.82 Å². The van der Waals surface area contributed by atoms with Crippen LogP contribution in [0.5, 0.6) is 5.88 Å². The average molecular weight is 393 g/mol. The maximum Gasteiger partial charge on any atom is 0.231 e. The summed E-state index contributed by atoms with van der Waals surface area (Å²) in [5, 5.41) is 4.59. The summed E-state index contributed by atoms with van der Waals surface area (Å²) in [4.78, 5) is 16.1. The molecule has 0 bridgehead atoms. The Hall–Kier alpha value is -2.70. The lowest BCUT2D eigenvalue weighted by atomic mass is 9.93. The smallest absolute Gasteiger partial charge is 0.231 e. The molecular formula is C22H28N6O. The molecule has 1 unspecified atom stereocenters. The first-order chi connectivity index (χ1) is 14.0. The Morgan fingerprint density at radius 3 is 2.93 bits per heavy atom. The predicted molar refractivity (Wildman–Crippen MR) is 112 cm³/mol. The molecule has 0 aromatic carbocycles. The molecule has 0 saturated carbocycles. The van der Waals surface area contributed by atoms with Crippen molar-refractivity contribution >= 4 is 11.5 Å². The van der Waals surface area contributed by atoms with E-state index in [0.29, 0.717) is 18.4 Å². The summed E-state index contributed by atoms with van der Waals surface area (Å²) in [6.07, 6.45) is 8.22. The van der Waals surface area contributed by atoms with E-state index < -0.39 is 0 Å². The summed E-state index contributed by atoms with van der Waals surface area (Å²) in [5.41, 5.74) is 4.49. The van der Waals surface area contributed by atoms with Gasteiger partial charge in [-0.3, -0.25) is 0 Å². The lowest BCUT2D eigenvalue weighted by Crippen LogP contribution is -2.24. The first-order valence-corrected chi connectivity index (χ1v) is 10.5. The first kappa shape index (κ1) is 18.3. The van der Waals surface area contributed by atoms with Gasteiger partial charge in [0.15, 0.2) is 5.65 Å². The number of rotatable bonds is 4. The normalized spacial score (nSPS) is 19.1. The molecular weight excluding hydrogens is 364 g/mol. The van der Waals surface area contributed by atoms with Crippen LogP contribution in [0.25, 0.3) is 5.65 Å². The van der Waals surface area contributed by atoms with Gasteiger partial charge in [-0.25, -0.2) is 19.5 Å². The van der Waals surface area contributed by atoms with Crippen molar-refractivity contribution in [3.8, 4) is 5.88 Å². The maximum atomic E-state index is 6.05. The van der Waals surface area contributed by atoms with E-state index in [2.05, 4.69) is 45.7 Å². The van der Waals surface area contributed by atoms with Gasteiger partial charge in [0, 0.05) is 41.7 Å². The Labute approximate surface area is 171 Å². The van der Waals surface area contributed by atoms with Crippen molar-refractivity contribution < 1.29 is 4.74 Å². The molecule has 1 aliphatic heterocycles. The SMILES string of the molecule is CC(C)(C)c1cn2nc(OCC3CCN(c4ncnc5c4CCC5)C3)ccc2n1. The lowest BCUT2D eigenvalue weighted by molar-refractivity contribution is 0.249. The number of aryl methyl sites for hydroxylation is 1. The Morgan fingerprint density at radius 2 is 2.07 bits per heavy atom. The van der Waals surface area contributed by atoms with Crippen molar-refractivity contribution in [1.29, 1.82) is 0 Å². The van der Waals surface area contributed by atoms with Crippen molar-refractivity contribution in [1.82, 2.24) is 24.6 Å². The monoisotopic (exact) mass is 392 g/mol. The fourth-order valence-electron chi connectivity index (χ4n) is 4.28. The van der Waals surface area contributed by atoms with Crippen LogP contribution in [0.3, 0.4) is 0 Å². The summed E-state index contributed by atoms with van der Waals surface area (Å²) < 4.78 is 7.87. The Bertz CT molecular complexity index is 1040. The van der Waals surface area contributed by atoms with Crippen molar-refractivity contribution in [2.45, 2.75) is 51.9 Å². The summed E-state index contributed by atoms with van der Waals surface area (Å²) in [5.74, 6) is 2.27. The number of anilines is 1. The van der Waals surface area contributed by atoms with E-state index in [1.807, 2.05) is 22.8 Å². The number of hydrogen-bond acceptors (Lipinski definition) is 6. The zero-order valence-electron chi connectivity index (χ0n) is 17.4. The molecule has 0 spiro atoms. The van der Waals surface area contributed by atoms with E-state index in [4.69, 9.17) is 4.74 Å². The highest BCUT2D eigenvalue weighted by molar-refractivity contribution is 5.51. The number of hydrogen-bond donors (Lipinski definition) is 0. The zero-order chi connectivity index (χ0) is 20.0. The highest BCUT2D eigenvalue weighted by atomic mass is 16.5. The van der Waals surface area contributed by atoms with Gasteiger partial charge in [-0.1, -0.05) is 20.8 Å². The molecule has 4 heterocycles. The van der Waals surface area contributed by atoms with Gasteiger partial charge in [-0.05, 0) is 31.7 Å². The van der Waals surface area contributed by atoms with Crippen LogP contribution < -0.4 is 9.64 Å². The molecule has 7 heteroatoms. The molecule has 29 heavy (non-hydrogen) atoms. The van der Waals surface area contributed by atoms with Crippen LogP contribution in [0.1, 0.15) is 50.6 Å². The van der Waals surface area contributed by atoms with Crippen molar-refractivity contribution in [2.24, 2.45) is 5.92 Å². The fourth-order valence-corrected chi connectivity index (χ4v) is 4.28. The maximum absolute atomic E-state index is 6.05. The van der Waals surface area contributed by atoms with E-state index in [1.54, 1.807) is 6.33 Å². The molecule has 2 aliphatic rings. The number of nitrogens with zero attached hydrogens (tertiary/aromatic N) is 6. The number of aromatic nitrogens is 5. The third-order valence-electron chi connectivity index (χ3n) is 5.97.